The van der Waals surface area contributed by atoms with Gasteiger partial charge in [0.15, 0.2) is 0 Å². The van der Waals surface area contributed by atoms with Gasteiger partial charge in [0.05, 0.1) is 24.5 Å². The monoisotopic (exact) mass is 447 g/mol. The Labute approximate surface area is 184 Å². The van der Waals surface area contributed by atoms with Gasteiger partial charge in [0, 0.05) is 6.54 Å². The van der Waals surface area contributed by atoms with Crippen LogP contribution >= 0.6 is 0 Å². The second-order valence-corrected chi connectivity index (χ2v) is 7.62. The lowest BCUT2D eigenvalue weighted by Gasteiger charge is -2.39. The molecule has 1 aromatic carbocycles. The molecule has 1 saturated heterocycles. The minimum atomic E-state index is -1.56. The SMILES string of the molecule is CNCc1c(C)nnn1CC(=O)N1CC(Oc2ccc(CCB(O)O)c(O)c2C(=O)O)C1. The maximum atomic E-state index is 12.5. The van der Waals surface area contributed by atoms with E-state index in [9.17, 15) is 19.8 Å². The lowest BCUT2D eigenvalue weighted by Crippen LogP contribution is -2.57. The highest BCUT2D eigenvalue weighted by molar-refractivity contribution is 6.41. The summed E-state index contributed by atoms with van der Waals surface area (Å²) in [6.07, 6.45) is -0.378. The second-order valence-electron chi connectivity index (χ2n) is 7.62. The summed E-state index contributed by atoms with van der Waals surface area (Å²) in [6.45, 7) is 2.93. The van der Waals surface area contributed by atoms with E-state index in [1.54, 1.807) is 16.6 Å². The van der Waals surface area contributed by atoms with Crippen LogP contribution in [0, 0.1) is 6.92 Å². The molecule has 0 aliphatic carbocycles. The summed E-state index contributed by atoms with van der Waals surface area (Å²) in [5.74, 6) is -2.01. The number of carbonyl (C=O) groups excluding carboxylic acids is 1. The molecule has 1 amide bonds. The van der Waals surface area contributed by atoms with Gasteiger partial charge in [0.1, 0.15) is 29.7 Å². The molecule has 0 saturated carbocycles. The lowest BCUT2D eigenvalue weighted by atomic mass is 9.82. The number of amides is 1. The van der Waals surface area contributed by atoms with E-state index < -0.39 is 30.5 Å². The van der Waals surface area contributed by atoms with Gasteiger partial charge in [-0.1, -0.05) is 11.3 Å². The zero-order valence-corrected chi connectivity index (χ0v) is 17.9. The van der Waals surface area contributed by atoms with Crippen molar-refractivity contribution in [2.45, 2.75) is 38.9 Å². The molecule has 32 heavy (non-hydrogen) atoms. The van der Waals surface area contributed by atoms with E-state index in [-0.39, 0.29) is 49.6 Å². The molecule has 0 atom stereocenters. The number of likely N-dealkylation sites (tertiary alicyclic amines) is 1. The molecule has 1 aliphatic rings. The Kier molecular flexibility index (Phi) is 7.33. The topological polar surface area (TPSA) is 170 Å². The van der Waals surface area contributed by atoms with Crippen LogP contribution in [0.15, 0.2) is 12.1 Å². The fraction of sp³-hybridized carbons (Fsp3) is 0.474. The Hall–Kier alpha value is -3.16. The van der Waals surface area contributed by atoms with E-state index in [1.807, 2.05) is 6.92 Å². The van der Waals surface area contributed by atoms with Crippen LogP contribution in [0.4, 0.5) is 0 Å². The van der Waals surface area contributed by atoms with Gasteiger partial charge in [0.2, 0.25) is 5.91 Å². The molecule has 0 radical (unpaired) electrons. The minimum Gasteiger partial charge on any atom is -0.507 e. The number of phenols is 1. The number of carboxylic acids is 1. The van der Waals surface area contributed by atoms with E-state index in [1.165, 1.54) is 12.1 Å². The van der Waals surface area contributed by atoms with Gasteiger partial charge < -0.3 is 35.2 Å². The molecule has 1 aliphatic heterocycles. The van der Waals surface area contributed by atoms with Crippen molar-refractivity contribution in [3.05, 3.63) is 34.6 Å². The molecule has 0 bridgehead atoms. The number of nitrogens with zero attached hydrogens (tertiary/aromatic N) is 4. The van der Waals surface area contributed by atoms with Crippen molar-refractivity contribution in [3.8, 4) is 11.5 Å². The molecule has 1 fully saturated rings. The lowest BCUT2D eigenvalue weighted by molar-refractivity contribution is -0.141. The van der Waals surface area contributed by atoms with Crippen molar-refractivity contribution >= 4 is 19.0 Å². The average molecular weight is 447 g/mol. The number of aryl methyl sites for hydroxylation is 2. The predicted octanol–water partition coefficient (Wildman–Crippen LogP) is -0.985. The van der Waals surface area contributed by atoms with E-state index in [2.05, 4.69) is 15.6 Å². The molecule has 13 heteroatoms. The van der Waals surface area contributed by atoms with Crippen LogP contribution in [0.2, 0.25) is 6.32 Å². The van der Waals surface area contributed by atoms with Gasteiger partial charge in [-0.2, -0.15) is 0 Å². The van der Waals surface area contributed by atoms with Crippen LogP contribution in [0.1, 0.15) is 27.3 Å². The number of aromatic carboxylic acids is 1. The quantitative estimate of drug-likeness (QED) is 0.285. The number of hydrogen-bond acceptors (Lipinski definition) is 9. The number of aromatic nitrogens is 3. The molecule has 12 nitrogen and oxygen atoms in total. The Morgan fingerprint density at radius 1 is 1.31 bits per heavy atom. The summed E-state index contributed by atoms with van der Waals surface area (Å²) in [4.78, 5) is 25.8. The zero-order valence-electron chi connectivity index (χ0n) is 17.9. The van der Waals surface area contributed by atoms with Crippen molar-refractivity contribution in [2.24, 2.45) is 0 Å². The molecule has 5 N–H and O–H groups in total. The zero-order chi connectivity index (χ0) is 23.4. The van der Waals surface area contributed by atoms with Gasteiger partial charge >= 0.3 is 13.1 Å². The molecule has 0 spiro atoms. The predicted molar refractivity (Wildman–Crippen MR) is 112 cm³/mol. The van der Waals surface area contributed by atoms with Gasteiger partial charge in [0.25, 0.3) is 0 Å². The molecule has 2 heterocycles. The maximum absolute atomic E-state index is 12.5. The van der Waals surface area contributed by atoms with Gasteiger partial charge in [-0.25, -0.2) is 9.48 Å². The van der Waals surface area contributed by atoms with Crippen molar-refractivity contribution in [1.29, 1.82) is 0 Å². The standard InChI is InChI=1S/C19H26BN5O7/c1-11-14(7-21-2)25(23-22-11)10-16(26)24-8-13(9-24)32-15-4-3-12(5-6-20(30)31)18(27)17(15)19(28)29/h3-4,13,21,27,30-31H,5-10H2,1-2H3,(H,28,29). The number of benzene rings is 1. The summed E-state index contributed by atoms with van der Waals surface area (Å²) < 4.78 is 7.27. The molecule has 1 aromatic heterocycles. The number of aromatic hydroxyl groups is 1. The van der Waals surface area contributed by atoms with Crippen molar-refractivity contribution in [3.63, 3.8) is 0 Å². The van der Waals surface area contributed by atoms with Crippen LogP contribution < -0.4 is 10.1 Å². The van der Waals surface area contributed by atoms with Gasteiger partial charge in [-0.3, -0.25) is 4.79 Å². The van der Waals surface area contributed by atoms with Gasteiger partial charge in [-0.15, -0.1) is 5.10 Å². The number of carboxylic acid groups (broad SMARTS) is 1. The summed E-state index contributed by atoms with van der Waals surface area (Å²) in [5, 5.41) is 48.8. The molecular weight excluding hydrogens is 421 g/mol. The van der Waals surface area contributed by atoms with Crippen LogP contribution in [-0.4, -0.2) is 85.4 Å². The van der Waals surface area contributed by atoms with Crippen LogP contribution in [-0.2, 0) is 24.3 Å². The Morgan fingerprint density at radius 2 is 2.03 bits per heavy atom. The fourth-order valence-corrected chi connectivity index (χ4v) is 3.46. The first-order chi connectivity index (χ1) is 15.2. The molecular formula is C19H26BN5O7. The van der Waals surface area contributed by atoms with Crippen LogP contribution in [0.3, 0.4) is 0 Å². The number of hydrogen-bond donors (Lipinski definition) is 5. The highest BCUT2D eigenvalue weighted by atomic mass is 16.5. The van der Waals surface area contributed by atoms with Crippen molar-refractivity contribution in [2.75, 3.05) is 20.1 Å². The Morgan fingerprint density at radius 3 is 2.66 bits per heavy atom. The maximum Gasteiger partial charge on any atom is 0.451 e. The van der Waals surface area contributed by atoms with E-state index in [0.717, 1.165) is 11.4 Å². The Balaban J connectivity index is 1.61. The smallest absolute Gasteiger partial charge is 0.451 e. The van der Waals surface area contributed by atoms with Crippen molar-refractivity contribution in [1.82, 2.24) is 25.2 Å². The molecule has 172 valence electrons. The largest absolute Gasteiger partial charge is 0.507 e. The first kappa shape index (κ1) is 23.5. The van der Waals surface area contributed by atoms with E-state index >= 15 is 0 Å². The first-order valence-electron chi connectivity index (χ1n) is 10.1. The Bertz CT molecular complexity index is 991. The van der Waals surface area contributed by atoms with Gasteiger partial charge in [-0.05, 0) is 38.3 Å². The summed E-state index contributed by atoms with van der Waals surface area (Å²) in [5.41, 5.74) is 1.45. The molecule has 3 rings (SSSR count). The third-order valence-corrected chi connectivity index (χ3v) is 5.26. The third-order valence-electron chi connectivity index (χ3n) is 5.26. The first-order valence-corrected chi connectivity index (χ1v) is 10.1. The van der Waals surface area contributed by atoms with Crippen LogP contribution in [0.5, 0.6) is 11.5 Å². The van der Waals surface area contributed by atoms with Crippen molar-refractivity contribution < 1.29 is 34.6 Å². The number of carbonyl (C=O) groups is 2. The molecule has 2 aromatic rings. The fourth-order valence-electron chi connectivity index (χ4n) is 3.46. The number of nitrogens with one attached hydrogen (secondary N) is 1. The number of ether oxygens (including phenoxy) is 1. The van der Waals surface area contributed by atoms with E-state index in [4.69, 9.17) is 14.8 Å². The van der Waals surface area contributed by atoms with E-state index in [0.29, 0.717) is 6.54 Å². The highest BCUT2D eigenvalue weighted by Crippen LogP contribution is 2.34. The molecule has 0 unspecified atom stereocenters. The van der Waals surface area contributed by atoms with Crippen LogP contribution in [0.25, 0.3) is 0 Å². The second kappa shape index (κ2) is 9.98. The highest BCUT2D eigenvalue weighted by Gasteiger charge is 2.34. The summed E-state index contributed by atoms with van der Waals surface area (Å²) >= 11 is 0. The number of rotatable bonds is 10. The third kappa shape index (κ3) is 5.18. The average Bonchev–Trinajstić information content (AvgIpc) is 3.03. The summed E-state index contributed by atoms with van der Waals surface area (Å²) in [7, 11) is 0.231. The normalized spacial score (nSPS) is 13.7. The summed E-state index contributed by atoms with van der Waals surface area (Å²) in [6, 6.07) is 2.91. The minimum absolute atomic E-state index is 0.0106.